The van der Waals surface area contributed by atoms with Gasteiger partial charge in [-0.1, -0.05) is 6.92 Å². The van der Waals surface area contributed by atoms with Gasteiger partial charge in [0.1, 0.15) is 11.4 Å². The maximum absolute atomic E-state index is 11.4. The van der Waals surface area contributed by atoms with Crippen LogP contribution in [0.5, 0.6) is 0 Å². The standard InChI is InChI=1S/C14H17N3O2/c1-4-5-11-15-6-7-17(11)13-12(14(18)19)9(2)8-10(3)16-13/h6-8H,4-5H2,1-3H3,(H,18,19). The van der Waals surface area contributed by atoms with Crippen molar-refractivity contribution in [2.45, 2.75) is 33.6 Å². The first kappa shape index (κ1) is 13.3. The van der Waals surface area contributed by atoms with Crippen molar-refractivity contribution in [1.82, 2.24) is 14.5 Å². The van der Waals surface area contributed by atoms with Crippen molar-refractivity contribution in [2.24, 2.45) is 0 Å². The van der Waals surface area contributed by atoms with Gasteiger partial charge in [-0.3, -0.25) is 4.57 Å². The van der Waals surface area contributed by atoms with E-state index in [1.165, 1.54) is 0 Å². The zero-order chi connectivity index (χ0) is 14.0. The normalized spacial score (nSPS) is 10.7. The van der Waals surface area contributed by atoms with E-state index in [2.05, 4.69) is 16.9 Å². The molecule has 0 fully saturated rings. The second-order valence-electron chi connectivity index (χ2n) is 4.55. The van der Waals surface area contributed by atoms with E-state index in [0.717, 1.165) is 24.4 Å². The Kier molecular flexibility index (Phi) is 3.64. The smallest absolute Gasteiger partial charge is 0.339 e. The van der Waals surface area contributed by atoms with Gasteiger partial charge in [-0.25, -0.2) is 14.8 Å². The van der Waals surface area contributed by atoms with Crippen molar-refractivity contribution in [1.29, 1.82) is 0 Å². The molecule has 19 heavy (non-hydrogen) atoms. The molecule has 2 heterocycles. The van der Waals surface area contributed by atoms with Crippen molar-refractivity contribution in [3.63, 3.8) is 0 Å². The Morgan fingerprint density at radius 2 is 2.16 bits per heavy atom. The molecule has 2 aromatic heterocycles. The van der Waals surface area contributed by atoms with Gasteiger partial charge < -0.3 is 5.11 Å². The molecule has 0 unspecified atom stereocenters. The van der Waals surface area contributed by atoms with E-state index < -0.39 is 5.97 Å². The number of nitrogens with zero attached hydrogens (tertiary/aromatic N) is 3. The number of carboxylic acids is 1. The second kappa shape index (κ2) is 5.22. The number of carbonyl (C=O) groups is 1. The lowest BCUT2D eigenvalue weighted by atomic mass is 10.1. The predicted molar refractivity (Wildman–Crippen MR) is 71.8 cm³/mol. The molecule has 0 saturated carbocycles. The molecule has 0 saturated heterocycles. The number of aromatic carboxylic acids is 1. The van der Waals surface area contributed by atoms with Crippen LogP contribution < -0.4 is 0 Å². The third-order valence-corrected chi connectivity index (χ3v) is 2.96. The maximum Gasteiger partial charge on any atom is 0.339 e. The number of aryl methyl sites for hydroxylation is 3. The van der Waals surface area contributed by atoms with Gasteiger partial charge in [-0.05, 0) is 31.9 Å². The van der Waals surface area contributed by atoms with E-state index in [9.17, 15) is 9.90 Å². The first-order valence-corrected chi connectivity index (χ1v) is 6.28. The molecule has 0 aliphatic heterocycles. The fourth-order valence-electron chi connectivity index (χ4n) is 2.19. The SMILES string of the molecule is CCCc1nccn1-c1nc(C)cc(C)c1C(=O)O. The number of rotatable bonds is 4. The third-order valence-electron chi connectivity index (χ3n) is 2.96. The highest BCUT2D eigenvalue weighted by molar-refractivity contribution is 5.92. The molecular weight excluding hydrogens is 242 g/mol. The van der Waals surface area contributed by atoms with Crippen LogP contribution >= 0.6 is 0 Å². The zero-order valence-electron chi connectivity index (χ0n) is 11.3. The number of hydrogen-bond acceptors (Lipinski definition) is 3. The quantitative estimate of drug-likeness (QED) is 0.916. The minimum atomic E-state index is -0.962. The highest BCUT2D eigenvalue weighted by atomic mass is 16.4. The predicted octanol–water partition coefficient (Wildman–Crippen LogP) is 2.53. The molecule has 0 radical (unpaired) electrons. The van der Waals surface area contributed by atoms with Gasteiger partial charge in [-0.2, -0.15) is 0 Å². The average molecular weight is 259 g/mol. The van der Waals surface area contributed by atoms with E-state index in [4.69, 9.17) is 0 Å². The summed E-state index contributed by atoms with van der Waals surface area (Å²) in [5.74, 6) is 0.324. The first-order valence-electron chi connectivity index (χ1n) is 6.28. The van der Waals surface area contributed by atoms with Gasteiger partial charge in [0.15, 0.2) is 5.82 Å². The van der Waals surface area contributed by atoms with Gasteiger partial charge >= 0.3 is 5.97 Å². The summed E-state index contributed by atoms with van der Waals surface area (Å²) < 4.78 is 1.77. The van der Waals surface area contributed by atoms with E-state index in [1.807, 2.05) is 6.92 Å². The molecule has 0 spiro atoms. The molecule has 0 aromatic carbocycles. The number of imidazole rings is 1. The van der Waals surface area contributed by atoms with Crippen molar-refractivity contribution in [3.05, 3.63) is 41.1 Å². The Bertz CT molecular complexity index is 617. The highest BCUT2D eigenvalue weighted by Gasteiger charge is 2.18. The van der Waals surface area contributed by atoms with Crippen molar-refractivity contribution >= 4 is 5.97 Å². The van der Waals surface area contributed by atoms with E-state index >= 15 is 0 Å². The van der Waals surface area contributed by atoms with E-state index in [1.54, 1.807) is 30.0 Å². The molecular formula is C14H17N3O2. The Balaban J connectivity index is 2.66. The first-order chi connectivity index (χ1) is 9.04. The largest absolute Gasteiger partial charge is 0.478 e. The van der Waals surface area contributed by atoms with Crippen LogP contribution in [-0.4, -0.2) is 25.6 Å². The van der Waals surface area contributed by atoms with Gasteiger partial charge in [-0.15, -0.1) is 0 Å². The highest BCUT2D eigenvalue weighted by Crippen LogP contribution is 2.20. The minimum absolute atomic E-state index is 0.237. The van der Waals surface area contributed by atoms with Crippen LogP contribution in [0, 0.1) is 13.8 Å². The molecule has 0 atom stereocenters. The summed E-state index contributed by atoms with van der Waals surface area (Å²) in [4.78, 5) is 20.1. The zero-order valence-corrected chi connectivity index (χ0v) is 11.3. The number of pyridine rings is 1. The topological polar surface area (TPSA) is 68.0 Å². The molecule has 100 valence electrons. The van der Waals surface area contributed by atoms with Crippen LogP contribution in [0.4, 0.5) is 0 Å². The maximum atomic E-state index is 11.4. The Morgan fingerprint density at radius 1 is 1.42 bits per heavy atom. The van der Waals surface area contributed by atoms with E-state index in [0.29, 0.717) is 11.4 Å². The second-order valence-corrected chi connectivity index (χ2v) is 4.55. The monoisotopic (exact) mass is 259 g/mol. The van der Waals surface area contributed by atoms with Crippen LogP contribution in [0.1, 0.15) is 40.8 Å². The van der Waals surface area contributed by atoms with Crippen LogP contribution in [0.2, 0.25) is 0 Å². The Morgan fingerprint density at radius 3 is 2.79 bits per heavy atom. The van der Waals surface area contributed by atoms with Crippen LogP contribution in [-0.2, 0) is 6.42 Å². The number of carboxylic acid groups (broad SMARTS) is 1. The lowest BCUT2D eigenvalue weighted by molar-refractivity contribution is 0.0695. The molecule has 0 bridgehead atoms. The molecule has 0 aliphatic carbocycles. The summed E-state index contributed by atoms with van der Waals surface area (Å²) in [6.07, 6.45) is 5.18. The van der Waals surface area contributed by atoms with Crippen LogP contribution in [0.15, 0.2) is 18.5 Å². The molecule has 0 amide bonds. The van der Waals surface area contributed by atoms with Gasteiger partial charge in [0, 0.05) is 24.5 Å². The van der Waals surface area contributed by atoms with Crippen molar-refractivity contribution in [2.75, 3.05) is 0 Å². The van der Waals surface area contributed by atoms with Crippen molar-refractivity contribution in [3.8, 4) is 5.82 Å². The summed E-state index contributed by atoms with van der Waals surface area (Å²) in [5, 5.41) is 9.38. The summed E-state index contributed by atoms with van der Waals surface area (Å²) in [6.45, 7) is 5.71. The number of aromatic nitrogens is 3. The molecule has 0 aliphatic rings. The fraction of sp³-hybridized carbons (Fsp3) is 0.357. The third kappa shape index (κ3) is 2.50. The lowest BCUT2D eigenvalue weighted by Gasteiger charge is -2.12. The summed E-state index contributed by atoms with van der Waals surface area (Å²) >= 11 is 0. The molecule has 5 nitrogen and oxygen atoms in total. The summed E-state index contributed by atoms with van der Waals surface area (Å²) in [6, 6.07) is 1.78. The Labute approximate surface area is 111 Å². The summed E-state index contributed by atoms with van der Waals surface area (Å²) in [5.41, 5.74) is 1.75. The fourth-order valence-corrected chi connectivity index (χ4v) is 2.19. The number of hydrogen-bond donors (Lipinski definition) is 1. The summed E-state index contributed by atoms with van der Waals surface area (Å²) in [7, 11) is 0. The molecule has 1 N–H and O–H groups in total. The van der Waals surface area contributed by atoms with Crippen LogP contribution in [0.3, 0.4) is 0 Å². The molecule has 5 heteroatoms. The van der Waals surface area contributed by atoms with Crippen molar-refractivity contribution < 1.29 is 9.90 Å². The van der Waals surface area contributed by atoms with Gasteiger partial charge in [0.2, 0.25) is 0 Å². The van der Waals surface area contributed by atoms with Gasteiger partial charge in [0.25, 0.3) is 0 Å². The lowest BCUT2D eigenvalue weighted by Crippen LogP contribution is -2.12. The minimum Gasteiger partial charge on any atom is -0.478 e. The molecule has 2 rings (SSSR count). The average Bonchev–Trinajstić information content (AvgIpc) is 2.75. The Hall–Kier alpha value is -2.17. The van der Waals surface area contributed by atoms with Crippen LogP contribution in [0.25, 0.3) is 5.82 Å². The van der Waals surface area contributed by atoms with E-state index in [-0.39, 0.29) is 5.56 Å². The molecule has 2 aromatic rings. The van der Waals surface area contributed by atoms with Gasteiger partial charge in [0.05, 0.1) is 0 Å².